The number of unbranched alkanes of at least 4 members (excludes halogenated alkanes) is 1. The zero-order chi connectivity index (χ0) is 13.2. The van der Waals surface area contributed by atoms with Gasteiger partial charge in [0.25, 0.3) is 0 Å². The molecule has 2 fully saturated rings. The van der Waals surface area contributed by atoms with Gasteiger partial charge in [-0.25, -0.2) is 0 Å². The molecule has 2 aliphatic carbocycles. The highest BCUT2D eigenvalue weighted by Crippen LogP contribution is 2.57. The first-order valence-corrected chi connectivity index (χ1v) is 8.08. The fourth-order valence-electron chi connectivity index (χ4n) is 3.98. The molecule has 0 aromatic heterocycles. The Hall–Kier alpha value is -0.820. The second kappa shape index (κ2) is 5.66. The van der Waals surface area contributed by atoms with E-state index in [0.29, 0.717) is 6.04 Å². The van der Waals surface area contributed by atoms with Gasteiger partial charge >= 0.3 is 0 Å². The second-order valence-electron chi connectivity index (χ2n) is 6.60. The van der Waals surface area contributed by atoms with Crippen LogP contribution in [0.3, 0.4) is 0 Å². The molecule has 0 heterocycles. The average molecular weight is 257 g/mol. The fourth-order valence-corrected chi connectivity index (χ4v) is 3.98. The van der Waals surface area contributed by atoms with Crippen molar-refractivity contribution in [2.75, 3.05) is 7.05 Å². The predicted octanol–water partition coefficient (Wildman–Crippen LogP) is 4.34. The van der Waals surface area contributed by atoms with E-state index in [9.17, 15) is 0 Å². The smallest absolute Gasteiger partial charge is 0.0346 e. The van der Waals surface area contributed by atoms with Gasteiger partial charge in [0.1, 0.15) is 0 Å². The Kier molecular flexibility index (Phi) is 3.93. The number of aryl methyl sites for hydroxylation is 1. The van der Waals surface area contributed by atoms with E-state index in [1.165, 1.54) is 49.7 Å². The van der Waals surface area contributed by atoms with E-state index < -0.39 is 0 Å². The molecule has 0 aliphatic heterocycles. The lowest BCUT2D eigenvalue weighted by atomic mass is 9.88. The summed E-state index contributed by atoms with van der Waals surface area (Å²) in [7, 11) is 2.12. The van der Waals surface area contributed by atoms with Gasteiger partial charge < -0.3 is 5.32 Å². The molecule has 2 aliphatic rings. The van der Waals surface area contributed by atoms with Gasteiger partial charge in [-0.15, -0.1) is 0 Å². The molecule has 0 bridgehead atoms. The molecule has 104 valence electrons. The third-order valence-electron chi connectivity index (χ3n) is 5.22. The van der Waals surface area contributed by atoms with Crippen molar-refractivity contribution in [2.24, 2.45) is 17.8 Å². The summed E-state index contributed by atoms with van der Waals surface area (Å²) < 4.78 is 0. The van der Waals surface area contributed by atoms with Crippen molar-refractivity contribution in [2.45, 2.75) is 51.5 Å². The molecule has 0 radical (unpaired) electrons. The van der Waals surface area contributed by atoms with Crippen LogP contribution in [0.1, 0.15) is 56.2 Å². The lowest BCUT2D eigenvalue weighted by Gasteiger charge is -2.25. The molecule has 3 rings (SSSR count). The van der Waals surface area contributed by atoms with Crippen LogP contribution in [0.15, 0.2) is 24.3 Å². The maximum Gasteiger partial charge on any atom is 0.0346 e. The van der Waals surface area contributed by atoms with E-state index in [1.807, 2.05) is 0 Å². The highest BCUT2D eigenvalue weighted by atomic mass is 14.9. The fraction of sp³-hybridized carbons (Fsp3) is 0.667. The van der Waals surface area contributed by atoms with E-state index in [4.69, 9.17) is 0 Å². The normalized spacial score (nSPS) is 30.1. The number of benzene rings is 1. The standard InChI is InChI=1S/C18H27N/c1-3-4-5-13-6-8-14(9-7-13)18(19-2)17-11-15-10-16(15)12-17/h6-9,15-19H,3-5,10-12H2,1-2H3. The summed E-state index contributed by atoms with van der Waals surface area (Å²) in [5, 5.41) is 3.56. The molecule has 2 saturated carbocycles. The van der Waals surface area contributed by atoms with Gasteiger partial charge in [-0.1, -0.05) is 37.6 Å². The summed E-state index contributed by atoms with van der Waals surface area (Å²) >= 11 is 0. The van der Waals surface area contributed by atoms with Crippen LogP contribution < -0.4 is 5.32 Å². The molecular weight excluding hydrogens is 230 g/mol. The molecule has 3 atom stereocenters. The average Bonchev–Trinajstić information content (AvgIpc) is 3.06. The number of fused-ring (bicyclic) bond motifs is 1. The van der Waals surface area contributed by atoms with Crippen molar-refractivity contribution in [1.29, 1.82) is 0 Å². The van der Waals surface area contributed by atoms with E-state index >= 15 is 0 Å². The molecule has 0 saturated heterocycles. The number of hydrogen-bond donors (Lipinski definition) is 1. The van der Waals surface area contributed by atoms with E-state index in [0.717, 1.165) is 17.8 Å². The van der Waals surface area contributed by atoms with Crippen LogP contribution in [0.25, 0.3) is 0 Å². The van der Waals surface area contributed by atoms with Crippen LogP contribution in [0.4, 0.5) is 0 Å². The second-order valence-corrected chi connectivity index (χ2v) is 6.60. The van der Waals surface area contributed by atoms with Crippen LogP contribution in [0, 0.1) is 17.8 Å². The maximum atomic E-state index is 3.56. The van der Waals surface area contributed by atoms with Crippen molar-refractivity contribution < 1.29 is 0 Å². The molecule has 1 aromatic rings. The zero-order valence-electron chi connectivity index (χ0n) is 12.4. The lowest BCUT2D eigenvalue weighted by Crippen LogP contribution is -2.24. The SMILES string of the molecule is CCCCc1ccc(C(NC)C2CC3CC3C2)cc1. The largest absolute Gasteiger partial charge is 0.313 e. The maximum absolute atomic E-state index is 3.56. The van der Waals surface area contributed by atoms with Gasteiger partial charge in [0.2, 0.25) is 0 Å². The summed E-state index contributed by atoms with van der Waals surface area (Å²) in [4.78, 5) is 0. The van der Waals surface area contributed by atoms with E-state index in [-0.39, 0.29) is 0 Å². The Labute approximate surface area is 117 Å². The van der Waals surface area contributed by atoms with Crippen LogP contribution in [-0.4, -0.2) is 7.05 Å². The van der Waals surface area contributed by atoms with Gasteiger partial charge in [0.05, 0.1) is 0 Å². The molecule has 0 amide bonds. The minimum absolute atomic E-state index is 0.577. The molecule has 1 aromatic carbocycles. The summed E-state index contributed by atoms with van der Waals surface area (Å²) in [5.41, 5.74) is 2.99. The van der Waals surface area contributed by atoms with Crippen molar-refractivity contribution in [3.63, 3.8) is 0 Å². The van der Waals surface area contributed by atoms with Crippen LogP contribution >= 0.6 is 0 Å². The first-order valence-electron chi connectivity index (χ1n) is 8.08. The molecule has 1 nitrogen and oxygen atoms in total. The Balaban J connectivity index is 1.65. The summed E-state index contributed by atoms with van der Waals surface area (Å²) in [6.45, 7) is 2.26. The third kappa shape index (κ3) is 2.86. The van der Waals surface area contributed by atoms with Crippen molar-refractivity contribution >= 4 is 0 Å². The van der Waals surface area contributed by atoms with Gasteiger partial charge in [0.15, 0.2) is 0 Å². The predicted molar refractivity (Wildman–Crippen MR) is 81.2 cm³/mol. The molecule has 3 unspecified atom stereocenters. The van der Waals surface area contributed by atoms with E-state index in [2.05, 4.69) is 43.6 Å². The Morgan fingerprint density at radius 1 is 1.11 bits per heavy atom. The molecular formula is C18H27N. The van der Waals surface area contributed by atoms with Gasteiger partial charge in [-0.2, -0.15) is 0 Å². The van der Waals surface area contributed by atoms with E-state index in [1.54, 1.807) is 0 Å². The zero-order valence-corrected chi connectivity index (χ0v) is 12.4. The Morgan fingerprint density at radius 2 is 1.79 bits per heavy atom. The molecule has 1 heteroatoms. The van der Waals surface area contributed by atoms with Crippen molar-refractivity contribution in [3.8, 4) is 0 Å². The highest BCUT2D eigenvalue weighted by molar-refractivity contribution is 5.26. The molecule has 19 heavy (non-hydrogen) atoms. The molecule has 0 spiro atoms. The minimum atomic E-state index is 0.577. The van der Waals surface area contributed by atoms with Crippen molar-refractivity contribution in [3.05, 3.63) is 35.4 Å². The number of rotatable bonds is 6. The summed E-state index contributed by atoms with van der Waals surface area (Å²) in [6.07, 6.45) is 8.24. The summed E-state index contributed by atoms with van der Waals surface area (Å²) in [6, 6.07) is 9.97. The van der Waals surface area contributed by atoms with Gasteiger partial charge in [-0.05, 0) is 68.0 Å². The monoisotopic (exact) mass is 257 g/mol. The van der Waals surface area contributed by atoms with Gasteiger partial charge in [0, 0.05) is 6.04 Å². The first-order chi connectivity index (χ1) is 9.31. The minimum Gasteiger partial charge on any atom is -0.313 e. The number of nitrogens with one attached hydrogen (secondary N) is 1. The topological polar surface area (TPSA) is 12.0 Å². The quantitative estimate of drug-likeness (QED) is 0.799. The Bertz CT molecular complexity index is 398. The third-order valence-corrected chi connectivity index (χ3v) is 5.22. The lowest BCUT2D eigenvalue weighted by molar-refractivity contribution is 0.359. The van der Waals surface area contributed by atoms with Gasteiger partial charge in [-0.3, -0.25) is 0 Å². The van der Waals surface area contributed by atoms with Crippen LogP contribution in [-0.2, 0) is 6.42 Å². The van der Waals surface area contributed by atoms with Crippen molar-refractivity contribution in [1.82, 2.24) is 5.32 Å². The number of hydrogen-bond acceptors (Lipinski definition) is 1. The van der Waals surface area contributed by atoms with Crippen LogP contribution in [0.5, 0.6) is 0 Å². The summed E-state index contributed by atoms with van der Waals surface area (Å²) in [5.74, 6) is 3.02. The first kappa shape index (κ1) is 13.2. The highest BCUT2D eigenvalue weighted by Gasteiger charge is 2.47. The molecule has 1 N–H and O–H groups in total. The van der Waals surface area contributed by atoms with Crippen LogP contribution in [0.2, 0.25) is 0 Å². The Morgan fingerprint density at radius 3 is 2.37 bits per heavy atom.